The highest BCUT2D eigenvalue weighted by Crippen LogP contribution is 2.21. The number of rotatable bonds is 3. The first-order chi connectivity index (χ1) is 9.11. The van der Waals surface area contributed by atoms with E-state index in [1.54, 1.807) is 20.8 Å². The molecule has 20 heavy (non-hydrogen) atoms. The second-order valence-electron chi connectivity index (χ2n) is 5.90. The Morgan fingerprint density at radius 3 is 2.45 bits per heavy atom. The third-order valence-electron chi connectivity index (χ3n) is 2.91. The molecule has 1 rings (SSSR count). The molecule has 1 saturated heterocycles. The van der Waals surface area contributed by atoms with E-state index >= 15 is 0 Å². The van der Waals surface area contributed by atoms with Crippen molar-refractivity contribution in [1.29, 1.82) is 0 Å². The van der Waals surface area contributed by atoms with Crippen molar-refractivity contribution < 1.29 is 24.2 Å². The molecule has 2 atom stereocenters. The Morgan fingerprint density at radius 1 is 1.35 bits per heavy atom. The van der Waals surface area contributed by atoms with Crippen LogP contribution in [0.15, 0.2) is 0 Å². The minimum atomic E-state index is -1.11. The van der Waals surface area contributed by atoms with Gasteiger partial charge in [0.1, 0.15) is 17.7 Å². The highest BCUT2D eigenvalue weighted by molar-refractivity contribution is 5.89. The van der Waals surface area contributed by atoms with E-state index in [1.807, 2.05) is 0 Å². The quantitative estimate of drug-likeness (QED) is 0.806. The Morgan fingerprint density at radius 2 is 1.95 bits per heavy atom. The smallest absolute Gasteiger partial charge is 0.410 e. The zero-order valence-electron chi connectivity index (χ0n) is 12.3. The van der Waals surface area contributed by atoms with Gasteiger partial charge in [-0.05, 0) is 40.5 Å². The van der Waals surface area contributed by atoms with Crippen LogP contribution in [0.3, 0.4) is 0 Å². The van der Waals surface area contributed by atoms with Gasteiger partial charge in [0.25, 0.3) is 0 Å². The molecule has 0 aromatic rings. The lowest BCUT2D eigenvalue weighted by molar-refractivity contribution is -0.141. The van der Waals surface area contributed by atoms with E-state index in [9.17, 15) is 14.4 Å². The van der Waals surface area contributed by atoms with Gasteiger partial charge in [0.2, 0.25) is 5.91 Å². The highest BCUT2D eigenvalue weighted by Gasteiger charge is 2.37. The van der Waals surface area contributed by atoms with Crippen LogP contribution >= 0.6 is 0 Å². The Kier molecular flexibility index (Phi) is 4.97. The Bertz CT molecular complexity index is 402. The molecule has 7 nitrogen and oxygen atoms in total. The van der Waals surface area contributed by atoms with Gasteiger partial charge in [-0.3, -0.25) is 14.5 Å². The average molecular weight is 286 g/mol. The van der Waals surface area contributed by atoms with Crippen LogP contribution in [0, 0.1) is 0 Å². The molecule has 7 heteroatoms. The fourth-order valence-corrected chi connectivity index (χ4v) is 1.95. The van der Waals surface area contributed by atoms with Crippen molar-refractivity contribution >= 4 is 18.0 Å². The van der Waals surface area contributed by atoms with Crippen LogP contribution in [-0.2, 0) is 14.3 Å². The fourth-order valence-electron chi connectivity index (χ4n) is 1.95. The molecule has 0 saturated carbocycles. The average Bonchev–Trinajstić information content (AvgIpc) is 2.74. The minimum absolute atomic E-state index is 0.439. The van der Waals surface area contributed by atoms with Crippen LogP contribution < -0.4 is 5.32 Å². The molecule has 1 fully saturated rings. The minimum Gasteiger partial charge on any atom is -0.480 e. The second kappa shape index (κ2) is 6.11. The SMILES string of the molecule is CC(NC(=O)C1CCCN1C(=O)OC(C)(C)C)C(=O)O. The predicted molar refractivity (Wildman–Crippen MR) is 71.2 cm³/mol. The summed E-state index contributed by atoms with van der Waals surface area (Å²) in [5, 5.41) is 11.2. The number of nitrogens with one attached hydrogen (secondary N) is 1. The molecular weight excluding hydrogens is 264 g/mol. The summed E-state index contributed by atoms with van der Waals surface area (Å²) >= 11 is 0. The maximum Gasteiger partial charge on any atom is 0.410 e. The van der Waals surface area contributed by atoms with Gasteiger partial charge >= 0.3 is 12.1 Å². The molecular formula is C13H22N2O5. The highest BCUT2D eigenvalue weighted by atomic mass is 16.6. The summed E-state index contributed by atoms with van der Waals surface area (Å²) in [4.78, 5) is 36.1. The molecule has 0 aromatic heterocycles. The maximum atomic E-state index is 12.0. The first-order valence-electron chi connectivity index (χ1n) is 6.64. The molecule has 0 radical (unpaired) electrons. The first kappa shape index (κ1) is 16.3. The lowest BCUT2D eigenvalue weighted by atomic mass is 10.2. The second-order valence-corrected chi connectivity index (χ2v) is 5.90. The first-order valence-corrected chi connectivity index (χ1v) is 6.64. The van der Waals surface area contributed by atoms with Crippen LogP contribution in [0.5, 0.6) is 0 Å². The molecule has 1 heterocycles. The molecule has 0 aliphatic carbocycles. The van der Waals surface area contributed by atoms with Crippen LogP contribution in [0.25, 0.3) is 0 Å². The number of nitrogens with zero attached hydrogens (tertiary/aromatic N) is 1. The van der Waals surface area contributed by atoms with Crippen LogP contribution in [0.4, 0.5) is 4.79 Å². The van der Waals surface area contributed by atoms with Gasteiger partial charge < -0.3 is 15.2 Å². The molecule has 0 spiro atoms. The number of carboxylic acid groups (broad SMARTS) is 1. The summed E-state index contributed by atoms with van der Waals surface area (Å²) in [5.41, 5.74) is -0.630. The Labute approximate surface area is 118 Å². The summed E-state index contributed by atoms with van der Waals surface area (Å²) in [5.74, 6) is -1.57. The molecule has 2 amide bonds. The van der Waals surface area contributed by atoms with E-state index in [4.69, 9.17) is 9.84 Å². The summed E-state index contributed by atoms with van der Waals surface area (Å²) in [7, 11) is 0. The zero-order chi connectivity index (χ0) is 15.5. The predicted octanol–water partition coefficient (Wildman–Crippen LogP) is 0.975. The molecule has 114 valence electrons. The lowest BCUT2D eigenvalue weighted by Crippen LogP contribution is -2.50. The number of hydrogen-bond donors (Lipinski definition) is 2. The van der Waals surface area contributed by atoms with Gasteiger partial charge in [-0.1, -0.05) is 0 Å². The Balaban J connectivity index is 2.67. The third kappa shape index (κ3) is 4.40. The van der Waals surface area contributed by atoms with Gasteiger partial charge in [0, 0.05) is 6.54 Å². The number of amides is 2. The number of carbonyl (C=O) groups is 3. The lowest BCUT2D eigenvalue weighted by Gasteiger charge is -2.28. The van der Waals surface area contributed by atoms with E-state index < -0.39 is 35.7 Å². The summed E-state index contributed by atoms with van der Waals surface area (Å²) in [6.45, 7) is 7.08. The van der Waals surface area contributed by atoms with Crippen molar-refractivity contribution in [2.24, 2.45) is 0 Å². The van der Waals surface area contributed by atoms with Gasteiger partial charge in [-0.15, -0.1) is 0 Å². The standard InChI is InChI=1S/C13H22N2O5/c1-8(11(17)18)14-10(16)9-6-5-7-15(9)12(19)20-13(2,3)4/h8-9H,5-7H2,1-4H3,(H,14,16)(H,17,18). The van der Waals surface area contributed by atoms with Gasteiger partial charge in [-0.2, -0.15) is 0 Å². The number of ether oxygens (including phenoxy) is 1. The van der Waals surface area contributed by atoms with Gasteiger partial charge in [-0.25, -0.2) is 4.79 Å². The van der Waals surface area contributed by atoms with Crippen molar-refractivity contribution in [1.82, 2.24) is 10.2 Å². The Hall–Kier alpha value is -1.79. The van der Waals surface area contributed by atoms with E-state index in [2.05, 4.69) is 5.32 Å². The van der Waals surface area contributed by atoms with Crippen molar-refractivity contribution in [3.05, 3.63) is 0 Å². The van der Waals surface area contributed by atoms with E-state index in [0.717, 1.165) is 0 Å². The summed E-state index contributed by atoms with van der Waals surface area (Å²) in [6, 6.07) is -1.64. The third-order valence-corrected chi connectivity index (χ3v) is 2.91. The number of carboxylic acids is 1. The van der Waals surface area contributed by atoms with E-state index in [1.165, 1.54) is 11.8 Å². The molecule has 1 aliphatic heterocycles. The molecule has 0 aromatic carbocycles. The normalized spacial score (nSPS) is 20.4. The molecule has 0 bridgehead atoms. The number of likely N-dealkylation sites (tertiary alicyclic amines) is 1. The molecule has 1 aliphatic rings. The number of hydrogen-bond acceptors (Lipinski definition) is 4. The van der Waals surface area contributed by atoms with Crippen LogP contribution in [-0.4, -0.2) is 52.2 Å². The van der Waals surface area contributed by atoms with E-state index in [0.29, 0.717) is 19.4 Å². The van der Waals surface area contributed by atoms with Crippen molar-refractivity contribution in [2.45, 2.75) is 58.2 Å². The largest absolute Gasteiger partial charge is 0.480 e. The zero-order valence-corrected chi connectivity index (χ0v) is 12.3. The van der Waals surface area contributed by atoms with Crippen molar-refractivity contribution in [2.75, 3.05) is 6.54 Å². The van der Waals surface area contributed by atoms with Gasteiger partial charge in [0.05, 0.1) is 0 Å². The van der Waals surface area contributed by atoms with Crippen LogP contribution in [0.1, 0.15) is 40.5 Å². The fraction of sp³-hybridized carbons (Fsp3) is 0.769. The topological polar surface area (TPSA) is 95.9 Å². The molecule has 2 unspecified atom stereocenters. The number of aliphatic carboxylic acids is 1. The van der Waals surface area contributed by atoms with Crippen molar-refractivity contribution in [3.63, 3.8) is 0 Å². The van der Waals surface area contributed by atoms with Crippen LogP contribution in [0.2, 0.25) is 0 Å². The van der Waals surface area contributed by atoms with E-state index in [-0.39, 0.29) is 0 Å². The summed E-state index contributed by atoms with van der Waals surface area (Å²) in [6.07, 6.45) is 0.661. The monoisotopic (exact) mass is 286 g/mol. The van der Waals surface area contributed by atoms with Gasteiger partial charge in [0.15, 0.2) is 0 Å². The maximum absolute atomic E-state index is 12.0. The molecule has 2 N–H and O–H groups in total. The summed E-state index contributed by atoms with van der Waals surface area (Å²) < 4.78 is 5.25. The number of carbonyl (C=O) groups excluding carboxylic acids is 2. The van der Waals surface area contributed by atoms with Crippen molar-refractivity contribution in [3.8, 4) is 0 Å².